The number of nitrogens with one attached hydrogen (secondary N) is 1. The monoisotopic (exact) mass is 381 g/mol. The van der Waals surface area contributed by atoms with Crippen LogP contribution in [0.2, 0.25) is 0 Å². The first kappa shape index (κ1) is 18.7. The molecule has 2 fully saturated rings. The van der Waals surface area contributed by atoms with Crippen molar-refractivity contribution >= 4 is 17.4 Å². The summed E-state index contributed by atoms with van der Waals surface area (Å²) in [6, 6.07) is 7.70. The molecule has 2 aromatic rings. The minimum Gasteiger partial charge on any atom is -0.487 e. The molecule has 7 nitrogen and oxygen atoms in total. The lowest BCUT2D eigenvalue weighted by Crippen LogP contribution is -2.33. The van der Waals surface area contributed by atoms with E-state index in [-0.39, 0.29) is 12.0 Å². The van der Waals surface area contributed by atoms with E-state index in [1.54, 1.807) is 18.6 Å². The van der Waals surface area contributed by atoms with Crippen LogP contribution in [0.4, 0.5) is 11.5 Å². The molecular formula is C21H27N5O2. The van der Waals surface area contributed by atoms with Gasteiger partial charge in [0.15, 0.2) is 0 Å². The smallest absolute Gasteiger partial charge is 0.238 e. The zero-order valence-electron chi connectivity index (χ0n) is 16.1. The number of rotatable bonds is 6. The number of likely N-dealkylation sites (tertiary alicyclic amines) is 1. The van der Waals surface area contributed by atoms with Crippen LogP contribution < -0.4 is 15.0 Å². The van der Waals surface area contributed by atoms with Crippen molar-refractivity contribution in [1.29, 1.82) is 0 Å². The van der Waals surface area contributed by atoms with Crippen molar-refractivity contribution in [3.63, 3.8) is 0 Å². The van der Waals surface area contributed by atoms with Gasteiger partial charge in [-0.3, -0.25) is 14.7 Å². The second-order valence-corrected chi connectivity index (χ2v) is 7.45. The second-order valence-electron chi connectivity index (χ2n) is 7.45. The van der Waals surface area contributed by atoms with Gasteiger partial charge in [0.2, 0.25) is 5.91 Å². The van der Waals surface area contributed by atoms with Crippen LogP contribution in [0.15, 0.2) is 42.9 Å². The number of nitrogens with zero attached hydrogens (tertiary/aromatic N) is 4. The van der Waals surface area contributed by atoms with Crippen molar-refractivity contribution < 1.29 is 9.53 Å². The lowest BCUT2D eigenvalue weighted by atomic mass is 10.1. The zero-order valence-corrected chi connectivity index (χ0v) is 16.1. The summed E-state index contributed by atoms with van der Waals surface area (Å²) in [7, 11) is 0. The molecule has 1 unspecified atom stereocenters. The van der Waals surface area contributed by atoms with Crippen molar-refractivity contribution in [2.24, 2.45) is 0 Å². The van der Waals surface area contributed by atoms with Gasteiger partial charge in [-0.05, 0) is 49.9 Å². The molecule has 2 aliphatic heterocycles. The summed E-state index contributed by atoms with van der Waals surface area (Å²) in [6.45, 7) is 4.09. The minimum absolute atomic E-state index is 0.0189. The van der Waals surface area contributed by atoms with Crippen LogP contribution in [0.3, 0.4) is 0 Å². The molecule has 0 radical (unpaired) electrons. The van der Waals surface area contributed by atoms with Gasteiger partial charge >= 0.3 is 0 Å². The highest BCUT2D eigenvalue weighted by Gasteiger charge is 2.25. The lowest BCUT2D eigenvalue weighted by molar-refractivity contribution is -0.117. The molecule has 1 amide bonds. The number of hydrogen-bond donors (Lipinski definition) is 1. The first-order valence-electron chi connectivity index (χ1n) is 10.1. The Morgan fingerprint density at radius 3 is 2.79 bits per heavy atom. The molecule has 148 valence electrons. The highest BCUT2D eigenvalue weighted by Crippen LogP contribution is 2.20. The fourth-order valence-corrected chi connectivity index (χ4v) is 3.82. The average molecular weight is 381 g/mol. The van der Waals surface area contributed by atoms with E-state index in [1.807, 2.05) is 24.3 Å². The Labute approximate surface area is 165 Å². The average Bonchev–Trinajstić information content (AvgIpc) is 3.16. The fourth-order valence-electron chi connectivity index (χ4n) is 3.82. The minimum atomic E-state index is -0.0189. The summed E-state index contributed by atoms with van der Waals surface area (Å²) in [5.41, 5.74) is 0.744. The van der Waals surface area contributed by atoms with Crippen LogP contribution in [0.25, 0.3) is 0 Å². The summed E-state index contributed by atoms with van der Waals surface area (Å²) in [5, 5.41) is 2.95. The van der Waals surface area contributed by atoms with Crippen LogP contribution in [0.1, 0.15) is 25.7 Å². The predicted molar refractivity (Wildman–Crippen MR) is 109 cm³/mol. The second kappa shape index (κ2) is 9.01. The van der Waals surface area contributed by atoms with Gasteiger partial charge in [0.1, 0.15) is 17.7 Å². The molecule has 0 aromatic carbocycles. The van der Waals surface area contributed by atoms with E-state index in [0.717, 1.165) is 49.9 Å². The maximum absolute atomic E-state index is 12.4. The molecule has 1 N–H and O–H groups in total. The van der Waals surface area contributed by atoms with Crippen LogP contribution in [0.5, 0.6) is 5.75 Å². The van der Waals surface area contributed by atoms with Gasteiger partial charge in [-0.25, -0.2) is 4.98 Å². The number of pyridine rings is 2. The first-order valence-corrected chi connectivity index (χ1v) is 10.1. The van der Waals surface area contributed by atoms with Crippen LogP contribution in [0, 0.1) is 0 Å². The number of hydrogen-bond acceptors (Lipinski definition) is 6. The highest BCUT2D eigenvalue weighted by atomic mass is 16.5. The Hall–Kier alpha value is -2.67. The lowest BCUT2D eigenvalue weighted by Gasteiger charge is -2.27. The number of ether oxygens (including phenoxy) is 1. The van der Waals surface area contributed by atoms with Crippen LogP contribution in [-0.2, 0) is 4.79 Å². The van der Waals surface area contributed by atoms with E-state index in [9.17, 15) is 4.79 Å². The maximum Gasteiger partial charge on any atom is 0.238 e. The van der Waals surface area contributed by atoms with E-state index < -0.39 is 0 Å². The van der Waals surface area contributed by atoms with Gasteiger partial charge < -0.3 is 15.0 Å². The molecule has 0 spiro atoms. The van der Waals surface area contributed by atoms with Crippen molar-refractivity contribution in [2.45, 2.75) is 31.8 Å². The van der Waals surface area contributed by atoms with Crippen molar-refractivity contribution in [3.05, 3.63) is 42.9 Å². The third kappa shape index (κ3) is 4.98. The van der Waals surface area contributed by atoms with E-state index in [2.05, 4.69) is 25.1 Å². The quantitative estimate of drug-likeness (QED) is 0.829. The molecule has 0 saturated carbocycles. The predicted octanol–water partition coefficient (Wildman–Crippen LogP) is 2.56. The molecule has 0 bridgehead atoms. The van der Waals surface area contributed by atoms with Gasteiger partial charge in [-0.15, -0.1) is 0 Å². The van der Waals surface area contributed by atoms with E-state index in [0.29, 0.717) is 6.54 Å². The number of aromatic nitrogens is 2. The Kier molecular flexibility index (Phi) is 6.01. The molecule has 2 aliphatic rings. The van der Waals surface area contributed by atoms with E-state index in [1.165, 1.54) is 19.3 Å². The number of carbonyl (C=O) groups is 1. The Balaban J connectivity index is 1.23. The number of anilines is 2. The summed E-state index contributed by atoms with van der Waals surface area (Å²) >= 11 is 0. The molecule has 2 saturated heterocycles. The van der Waals surface area contributed by atoms with E-state index >= 15 is 0 Å². The van der Waals surface area contributed by atoms with Gasteiger partial charge in [-0.2, -0.15) is 0 Å². The summed E-state index contributed by atoms with van der Waals surface area (Å²) in [6.07, 6.45) is 9.96. The zero-order chi connectivity index (χ0) is 19.2. The van der Waals surface area contributed by atoms with Gasteiger partial charge in [0, 0.05) is 32.4 Å². The van der Waals surface area contributed by atoms with Crippen molar-refractivity contribution in [2.75, 3.05) is 42.9 Å². The van der Waals surface area contributed by atoms with E-state index in [4.69, 9.17) is 4.74 Å². The molecule has 28 heavy (non-hydrogen) atoms. The summed E-state index contributed by atoms with van der Waals surface area (Å²) < 4.78 is 5.93. The number of carbonyl (C=O) groups excluding carboxylic acids is 1. The van der Waals surface area contributed by atoms with Crippen LogP contribution in [-0.4, -0.2) is 59.6 Å². The Morgan fingerprint density at radius 1 is 1.14 bits per heavy atom. The van der Waals surface area contributed by atoms with Gasteiger partial charge in [0.05, 0.1) is 24.6 Å². The SMILES string of the molecule is O=C(CN1CCC(Oc2cccnc2)C1)Nc1ccc(N2CCCCC2)nc1. The van der Waals surface area contributed by atoms with Crippen LogP contribution >= 0.6 is 0 Å². The molecule has 4 rings (SSSR count). The molecular weight excluding hydrogens is 354 g/mol. The van der Waals surface area contributed by atoms with Gasteiger partial charge in [-0.1, -0.05) is 0 Å². The number of amides is 1. The third-order valence-electron chi connectivity index (χ3n) is 5.25. The molecule has 4 heterocycles. The largest absolute Gasteiger partial charge is 0.487 e. The standard InChI is InChI=1S/C21H27N5O2/c27-21(16-25-12-8-19(15-25)28-18-5-4-9-22-14-18)24-17-6-7-20(23-13-17)26-10-2-1-3-11-26/h4-7,9,13-14,19H,1-3,8,10-12,15-16H2,(H,24,27). The topological polar surface area (TPSA) is 70.6 Å². The normalized spacial score (nSPS) is 20.1. The van der Waals surface area contributed by atoms with Crippen molar-refractivity contribution in [3.8, 4) is 5.75 Å². The molecule has 1 atom stereocenters. The highest BCUT2D eigenvalue weighted by molar-refractivity contribution is 5.92. The Bertz CT molecular complexity index is 762. The number of piperidine rings is 1. The fraction of sp³-hybridized carbons (Fsp3) is 0.476. The summed E-state index contributed by atoms with van der Waals surface area (Å²) in [5.74, 6) is 1.75. The van der Waals surface area contributed by atoms with Gasteiger partial charge in [0.25, 0.3) is 0 Å². The molecule has 7 heteroatoms. The molecule has 2 aromatic heterocycles. The first-order chi connectivity index (χ1) is 13.8. The third-order valence-corrected chi connectivity index (χ3v) is 5.25. The summed E-state index contributed by atoms with van der Waals surface area (Å²) in [4.78, 5) is 25.4. The molecule has 0 aliphatic carbocycles. The van der Waals surface area contributed by atoms with Crippen molar-refractivity contribution in [1.82, 2.24) is 14.9 Å². The Morgan fingerprint density at radius 2 is 2.04 bits per heavy atom. The maximum atomic E-state index is 12.4.